The third-order valence-electron chi connectivity index (χ3n) is 3.58. The van der Waals surface area contributed by atoms with Crippen LogP contribution < -0.4 is 14.8 Å². The zero-order valence-corrected chi connectivity index (χ0v) is 14.1. The molecule has 0 radical (unpaired) electrons. The lowest BCUT2D eigenvalue weighted by atomic mass is 10.1. The summed E-state index contributed by atoms with van der Waals surface area (Å²) in [7, 11) is 1.51. The number of ether oxygens (including phenoxy) is 2. The molecule has 0 atom stereocenters. The maximum atomic E-state index is 13.9. The zero-order chi connectivity index (χ0) is 18.4. The second kappa shape index (κ2) is 8.11. The molecule has 0 bridgehead atoms. The van der Waals surface area contributed by atoms with E-state index in [0.29, 0.717) is 17.1 Å². The second-order valence-corrected chi connectivity index (χ2v) is 5.47. The molecular formula is C20H17FN2O3. The van der Waals surface area contributed by atoms with Gasteiger partial charge < -0.3 is 14.8 Å². The van der Waals surface area contributed by atoms with Crippen molar-refractivity contribution in [3.05, 3.63) is 72.7 Å². The maximum Gasteiger partial charge on any atom is 0.262 e. The van der Waals surface area contributed by atoms with Crippen LogP contribution in [0.3, 0.4) is 0 Å². The van der Waals surface area contributed by atoms with Crippen LogP contribution in [-0.2, 0) is 4.79 Å². The largest absolute Gasteiger partial charge is 0.484 e. The van der Waals surface area contributed by atoms with Crippen molar-refractivity contribution in [3.63, 3.8) is 0 Å². The number of amides is 1. The van der Waals surface area contributed by atoms with Crippen molar-refractivity contribution in [1.82, 2.24) is 4.98 Å². The lowest BCUT2D eigenvalue weighted by Gasteiger charge is -2.10. The smallest absolute Gasteiger partial charge is 0.262 e. The van der Waals surface area contributed by atoms with Gasteiger partial charge in [-0.1, -0.05) is 18.2 Å². The average molecular weight is 352 g/mol. The van der Waals surface area contributed by atoms with E-state index in [-0.39, 0.29) is 18.3 Å². The third-order valence-corrected chi connectivity index (χ3v) is 3.58. The average Bonchev–Trinajstić information content (AvgIpc) is 2.67. The summed E-state index contributed by atoms with van der Waals surface area (Å²) in [6, 6.07) is 16.7. The third kappa shape index (κ3) is 4.57. The lowest BCUT2D eigenvalue weighted by molar-refractivity contribution is -0.118. The van der Waals surface area contributed by atoms with E-state index in [1.165, 1.54) is 19.2 Å². The summed E-state index contributed by atoms with van der Waals surface area (Å²) in [5.74, 6) is -0.0974. The molecule has 0 fully saturated rings. The highest BCUT2D eigenvalue weighted by molar-refractivity contribution is 5.91. The van der Waals surface area contributed by atoms with Crippen LogP contribution in [0.1, 0.15) is 0 Å². The van der Waals surface area contributed by atoms with Gasteiger partial charge in [-0.25, -0.2) is 9.37 Å². The summed E-state index contributed by atoms with van der Waals surface area (Å²) in [4.78, 5) is 16.0. The fourth-order valence-electron chi connectivity index (χ4n) is 2.38. The number of halogens is 1. The minimum atomic E-state index is -0.461. The van der Waals surface area contributed by atoms with Crippen LogP contribution in [0.25, 0.3) is 11.1 Å². The van der Waals surface area contributed by atoms with E-state index < -0.39 is 5.82 Å². The number of hydrogen-bond acceptors (Lipinski definition) is 4. The molecule has 0 saturated carbocycles. The number of hydrogen-bond donors (Lipinski definition) is 1. The molecule has 3 rings (SSSR count). The molecule has 5 nitrogen and oxygen atoms in total. The van der Waals surface area contributed by atoms with Crippen LogP contribution in [0.15, 0.2) is 66.9 Å². The van der Waals surface area contributed by atoms with E-state index in [4.69, 9.17) is 9.47 Å². The number of benzene rings is 2. The Morgan fingerprint density at radius 2 is 1.88 bits per heavy atom. The Balaban J connectivity index is 1.70. The van der Waals surface area contributed by atoms with E-state index in [2.05, 4.69) is 10.3 Å². The number of methoxy groups -OCH3 is 1. The summed E-state index contributed by atoms with van der Waals surface area (Å²) in [6.45, 7) is -0.225. The van der Waals surface area contributed by atoms with Gasteiger partial charge in [-0.3, -0.25) is 4.79 Å². The lowest BCUT2D eigenvalue weighted by Crippen LogP contribution is -2.20. The fraction of sp³-hybridized carbons (Fsp3) is 0.100. The van der Waals surface area contributed by atoms with Crippen molar-refractivity contribution >= 4 is 11.6 Å². The van der Waals surface area contributed by atoms with Crippen LogP contribution in [0.4, 0.5) is 10.1 Å². The molecular weight excluding hydrogens is 335 g/mol. The van der Waals surface area contributed by atoms with Crippen molar-refractivity contribution < 1.29 is 18.7 Å². The highest BCUT2D eigenvalue weighted by Gasteiger charge is 2.08. The highest BCUT2D eigenvalue weighted by atomic mass is 19.1. The molecule has 1 aromatic heterocycles. The summed E-state index contributed by atoms with van der Waals surface area (Å²) in [6.07, 6.45) is 1.58. The first kappa shape index (κ1) is 17.4. The molecule has 0 aliphatic heterocycles. The Bertz CT molecular complexity index is 901. The molecule has 3 aromatic rings. The van der Waals surface area contributed by atoms with Gasteiger partial charge in [0.1, 0.15) is 11.6 Å². The number of nitrogens with one attached hydrogen (secondary N) is 1. The molecule has 1 amide bonds. The predicted molar refractivity (Wildman–Crippen MR) is 96.7 cm³/mol. The van der Waals surface area contributed by atoms with E-state index in [1.54, 1.807) is 36.5 Å². The molecule has 132 valence electrons. The van der Waals surface area contributed by atoms with Crippen LogP contribution in [0.2, 0.25) is 0 Å². The van der Waals surface area contributed by atoms with Crippen LogP contribution in [0.5, 0.6) is 11.6 Å². The molecule has 1 heterocycles. The quantitative estimate of drug-likeness (QED) is 0.731. The van der Waals surface area contributed by atoms with Gasteiger partial charge in [-0.05, 0) is 41.5 Å². The Morgan fingerprint density at radius 1 is 1.08 bits per heavy atom. The van der Waals surface area contributed by atoms with Gasteiger partial charge in [0.25, 0.3) is 5.91 Å². The van der Waals surface area contributed by atoms with Gasteiger partial charge in [0, 0.05) is 24.0 Å². The first-order valence-corrected chi connectivity index (χ1v) is 7.93. The standard InChI is InChI=1S/C20H17FN2O3/c1-25-20-11-14(7-8-22-20)15-9-16(21)12-18(10-15)26-13-19(24)23-17-5-3-2-4-6-17/h2-12H,13H2,1H3,(H,23,24). The van der Waals surface area contributed by atoms with Gasteiger partial charge >= 0.3 is 0 Å². The normalized spacial score (nSPS) is 10.2. The number of para-hydroxylation sites is 1. The Labute approximate surface area is 150 Å². The number of anilines is 1. The SMILES string of the molecule is COc1cc(-c2cc(F)cc(OCC(=O)Nc3ccccc3)c2)ccn1. The molecule has 26 heavy (non-hydrogen) atoms. The van der Waals surface area contributed by atoms with Gasteiger partial charge in [-0.2, -0.15) is 0 Å². The van der Waals surface area contributed by atoms with Crippen molar-refractivity contribution in [1.29, 1.82) is 0 Å². The molecule has 6 heteroatoms. The minimum absolute atomic E-state index is 0.225. The van der Waals surface area contributed by atoms with Gasteiger partial charge in [0.05, 0.1) is 7.11 Å². The Hall–Kier alpha value is -3.41. The number of pyridine rings is 1. The van der Waals surface area contributed by atoms with Gasteiger partial charge in [-0.15, -0.1) is 0 Å². The Kier molecular flexibility index (Phi) is 5.43. The molecule has 0 aliphatic carbocycles. The first-order valence-electron chi connectivity index (χ1n) is 7.93. The molecule has 0 unspecified atom stereocenters. The zero-order valence-electron chi connectivity index (χ0n) is 14.1. The topological polar surface area (TPSA) is 60.5 Å². The van der Waals surface area contributed by atoms with E-state index in [1.807, 2.05) is 18.2 Å². The predicted octanol–water partition coefficient (Wildman–Crippen LogP) is 3.91. The fourth-order valence-corrected chi connectivity index (χ4v) is 2.38. The minimum Gasteiger partial charge on any atom is -0.484 e. The van der Waals surface area contributed by atoms with Crippen LogP contribution >= 0.6 is 0 Å². The Morgan fingerprint density at radius 3 is 2.65 bits per heavy atom. The number of aromatic nitrogens is 1. The summed E-state index contributed by atoms with van der Waals surface area (Å²) in [5.41, 5.74) is 2.00. The molecule has 0 aliphatic rings. The van der Waals surface area contributed by atoms with Crippen LogP contribution in [0, 0.1) is 5.82 Å². The molecule has 2 aromatic carbocycles. The van der Waals surface area contributed by atoms with Crippen molar-refractivity contribution in [2.24, 2.45) is 0 Å². The van der Waals surface area contributed by atoms with Crippen molar-refractivity contribution in [2.75, 3.05) is 19.0 Å². The van der Waals surface area contributed by atoms with Gasteiger partial charge in [0.15, 0.2) is 6.61 Å². The maximum absolute atomic E-state index is 13.9. The van der Waals surface area contributed by atoms with Gasteiger partial charge in [0.2, 0.25) is 5.88 Å². The summed E-state index contributed by atoms with van der Waals surface area (Å²) in [5, 5.41) is 2.71. The number of carbonyl (C=O) groups excluding carboxylic acids is 1. The number of rotatable bonds is 6. The summed E-state index contributed by atoms with van der Waals surface area (Å²) >= 11 is 0. The number of nitrogens with zero attached hydrogens (tertiary/aromatic N) is 1. The molecule has 1 N–H and O–H groups in total. The van der Waals surface area contributed by atoms with Crippen LogP contribution in [-0.4, -0.2) is 24.6 Å². The van der Waals surface area contributed by atoms with E-state index in [9.17, 15) is 9.18 Å². The number of carbonyl (C=O) groups is 1. The molecule has 0 spiro atoms. The highest BCUT2D eigenvalue weighted by Crippen LogP contribution is 2.27. The first-order chi connectivity index (χ1) is 12.6. The monoisotopic (exact) mass is 352 g/mol. The van der Waals surface area contributed by atoms with Crippen molar-refractivity contribution in [3.8, 4) is 22.8 Å². The van der Waals surface area contributed by atoms with E-state index in [0.717, 1.165) is 5.56 Å². The summed E-state index contributed by atoms with van der Waals surface area (Å²) < 4.78 is 24.5. The molecule has 0 saturated heterocycles. The second-order valence-electron chi connectivity index (χ2n) is 5.47. The van der Waals surface area contributed by atoms with Crippen molar-refractivity contribution in [2.45, 2.75) is 0 Å². The van der Waals surface area contributed by atoms with E-state index >= 15 is 0 Å².